The van der Waals surface area contributed by atoms with Crippen molar-refractivity contribution in [1.29, 1.82) is 0 Å². The van der Waals surface area contributed by atoms with Gasteiger partial charge >= 0.3 is 12.3 Å². The summed E-state index contributed by atoms with van der Waals surface area (Å²) in [4.78, 5) is 16.9. The number of carbonyl (C=O) groups excluding carboxylic acids is 1. The lowest BCUT2D eigenvalue weighted by atomic mass is 10.0. The minimum absolute atomic E-state index is 0.193. The summed E-state index contributed by atoms with van der Waals surface area (Å²) in [5, 5.41) is -0.193. The van der Waals surface area contributed by atoms with E-state index in [0.717, 1.165) is 11.6 Å². The molecule has 2 rings (SSSR count). The first-order valence-electron chi connectivity index (χ1n) is 7.38. The van der Waals surface area contributed by atoms with Crippen LogP contribution in [0, 0.1) is 0 Å². The van der Waals surface area contributed by atoms with Crippen LogP contribution in [0.2, 0.25) is 5.15 Å². The van der Waals surface area contributed by atoms with Crippen molar-refractivity contribution in [3.05, 3.63) is 34.6 Å². The van der Waals surface area contributed by atoms with E-state index in [2.05, 4.69) is 4.98 Å². The molecule has 0 aliphatic carbocycles. The number of hydrogen-bond acceptors (Lipinski definition) is 3. The molecular formula is C16H18ClF3N2O2. The van der Waals surface area contributed by atoms with Gasteiger partial charge < -0.3 is 9.64 Å². The molecule has 2 heterocycles. The van der Waals surface area contributed by atoms with Crippen LogP contribution in [0.3, 0.4) is 0 Å². The minimum atomic E-state index is -4.53. The van der Waals surface area contributed by atoms with Crippen LogP contribution in [0.15, 0.2) is 18.2 Å². The normalized spacial score (nSPS) is 16.0. The van der Waals surface area contributed by atoms with Crippen molar-refractivity contribution in [3.63, 3.8) is 0 Å². The molecule has 1 aliphatic heterocycles. The van der Waals surface area contributed by atoms with Gasteiger partial charge in [0.1, 0.15) is 16.4 Å². The molecule has 132 valence electrons. The van der Waals surface area contributed by atoms with Crippen LogP contribution in [-0.2, 0) is 10.9 Å². The Morgan fingerprint density at radius 3 is 2.42 bits per heavy atom. The van der Waals surface area contributed by atoms with Gasteiger partial charge in [-0.05, 0) is 44.9 Å². The second kappa shape index (κ2) is 6.63. The quantitative estimate of drug-likeness (QED) is 0.675. The summed E-state index contributed by atoms with van der Waals surface area (Å²) in [7, 11) is 0. The fourth-order valence-electron chi connectivity index (χ4n) is 2.24. The molecule has 1 aromatic heterocycles. The summed E-state index contributed by atoms with van der Waals surface area (Å²) in [6.45, 7) is 6.05. The third-order valence-corrected chi connectivity index (χ3v) is 3.63. The van der Waals surface area contributed by atoms with Gasteiger partial charge in [-0.25, -0.2) is 9.78 Å². The van der Waals surface area contributed by atoms with E-state index in [1.165, 1.54) is 11.0 Å². The first-order valence-corrected chi connectivity index (χ1v) is 7.76. The Morgan fingerprint density at radius 2 is 1.96 bits per heavy atom. The Hall–Kier alpha value is -1.76. The number of pyridine rings is 1. The fourth-order valence-corrected chi connectivity index (χ4v) is 2.51. The van der Waals surface area contributed by atoms with Crippen LogP contribution in [-0.4, -0.2) is 34.7 Å². The second-order valence-electron chi connectivity index (χ2n) is 6.44. The molecule has 0 saturated carbocycles. The molecule has 0 fully saturated rings. The summed E-state index contributed by atoms with van der Waals surface area (Å²) in [6.07, 6.45) is -2.74. The van der Waals surface area contributed by atoms with Gasteiger partial charge in [-0.2, -0.15) is 13.2 Å². The van der Waals surface area contributed by atoms with Crippen LogP contribution < -0.4 is 0 Å². The predicted molar refractivity (Wildman–Crippen MR) is 84.7 cm³/mol. The zero-order chi connectivity index (χ0) is 18.1. The molecule has 24 heavy (non-hydrogen) atoms. The number of carbonyl (C=O) groups is 1. The Labute approximate surface area is 143 Å². The van der Waals surface area contributed by atoms with Crippen molar-refractivity contribution in [3.8, 4) is 0 Å². The van der Waals surface area contributed by atoms with Crippen LogP contribution in [0.25, 0.3) is 5.57 Å². The van der Waals surface area contributed by atoms with Crippen molar-refractivity contribution in [2.24, 2.45) is 0 Å². The van der Waals surface area contributed by atoms with E-state index < -0.39 is 23.6 Å². The van der Waals surface area contributed by atoms with E-state index >= 15 is 0 Å². The number of rotatable bonds is 1. The molecule has 0 saturated heterocycles. The summed E-state index contributed by atoms with van der Waals surface area (Å²) in [5.74, 6) is 0. The van der Waals surface area contributed by atoms with E-state index in [9.17, 15) is 18.0 Å². The number of ether oxygens (including phenoxy) is 1. The number of hydrogen-bond donors (Lipinski definition) is 0. The van der Waals surface area contributed by atoms with Crippen molar-refractivity contribution in [2.75, 3.05) is 13.1 Å². The molecule has 0 N–H and O–H groups in total. The van der Waals surface area contributed by atoms with E-state index in [1.54, 1.807) is 26.8 Å². The first-order chi connectivity index (χ1) is 11.0. The maximum absolute atomic E-state index is 12.6. The van der Waals surface area contributed by atoms with Gasteiger partial charge in [0.05, 0.1) is 0 Å². The summed E-state index contributed by atoms with van der Waals surface area (Å²) in [6, 6.07) is 2.22. The Kier molecular flexibility index (Phi) is 5.13. The average molecular weight is 363 g/mol. The largest absolute Gasteiger partial charge is 0.444 e. The van der Waals surface area contributed by atoms with Crippen molar-refractivity contribution in [2.45, 2.75) is 39.0 Å². The van der Waals surface area contributed by atoms with E-state index in [-0.39, 0.29) is 5.15 Å². The summed E-state index contributed by atoms with van der Waals surface area (Å²) >= 11 is 5.90. The molecule has 1 amide bonds. The first kappa shape index (κ1) is 18.6. The van der Waals surface area contributed by atoms with Gasteiger partial charge in [0, 0.05) is 18.7 Å². The molecule has 0 radical (unpaired) electrons. The van der Waals surface area contributed by atoms with Gasteiger partial charge in [0.25, 0.3) is 0 Å². The highest BCUT2D eigenvalue weighted by Crippen LogP contribution is 2.33. The monoisotopic (exact) mass is 362 g/mol. The third-order valence-electron chi connectivity index (χ3n) is 3.35. The van der Waals surface area contributed by atoms with Crippen LogP contribution in [0.1, 0.15) is 38.4 Å². The average Bonchev–Trinajstić information content (AvgIpc) is 2.44. The lowest BCUT2D eigenvalue weighted by molar-refractivity contribution is -0.141. The summed E-state index contributed by atoms with van der Waals surface area (Å²) < 4.78 is 43.2. The molecule has 1 aliphatic rings. The van der Waals surface area contributed by atoms with E-state index in [4.69, 9.17) is 16.3 Å². The SMILES string of the molecule is CC(C)(C)OC(=O)N1CC=C(c2ccc(C(F)(F)F)nc2Cl)CC1. The summed E-state index contributed by atoms with van der Waals surface area (Å²) in [5.41, 5.74) is -0.389. The molecule has 0 spiro atoms. The Morgan fingerprint density at radius 1 is 1.29 bits per heavy atom. The van der Waals surface area contributed by atoms with Gasteiger partial charge in [0.15, 0.2) is 0 Å². The van der Waals surface area contributed by atoms with Gasteiger partial charge in [-0.3, -0.25) is 0 Å². The molecule has 8 heteroatoms. The molecule has 4 nitrogen and oxygen atoms in total. The lowest BCUT2D eigenvalue weighted by Crippen LogP contribution is -2.39. The standard InChI is InChI=1S/C16H18ClF3N2O2/c1-15(2,3)24-14(23)22-8-6-10(7-9-22)11-4-5-12(16(18,19)20)21-13(11)17/h4-6H,7-9H2,1-3H3. The Bertz CT molecular complexity index is 666. The number of nitrogens with zero attached hydrogens (tertiary/aromatic N) is 2. The molecule has 0 aromatic carbocycles. The van der Waals surface area contributed by atoms with E-state index in [0.29, 0.717) is 25.1 Å². The molecule has 0 atom stereocenters. The zero-order valence-electron chi connectivity index (χ0n) is 13.6. The highest BCUT2D eigenvalue weighted by Gasteiger charge is 2.33. The number of amides is 1. The zero-order valence-corrected chi connectivity index (χ0v) is 14.3. The van der Waals surface area contributed by atoms with Gasteiger partial charge in [0.2, 0.25) is 0 Å². The topological polar surface area (TPSA) is 42.4 Å². The van der Waals surface area contributed by atoms with Crippen molar-refractivity contribution >= 4 is 23.3 Å². The molecule has 0 bridgehead atoms. The second-order valence-corrected chi connectivity index (χ2v) is 6.80. The van der Waals surface area contributed by atoms with E-state index in [1.807, 2.05) is 0 Å². The highest BCUT2D eigenvalue weighted by atomic mass is 35.5. The number of halogens is 4. The molecular weight excluding hydrogens is 345 g/mol. The molecule has 1 aromatic rings. The smallest absolute Gasteiger partial charge is 0.433 e. The lowest BCUT2D eigenvalue weighted by Gasteiger charge is -2.29. The minimum Gasteiger partial charge on any atom is -0.444 e. The van der Waals surface area contributed by atoms with Gasteiger partial charge in [-0.1, -0.05) is 17.7 Å². The third kappa shape index (κ3) is 4.63. The van der Waals surface area contributed by atoms with Crippen LogP contribution >= 0.6 is 11.6 Å². The Balaban J connectivity index is 2.12. The maximum Gasteiger partial charge on any atom is 0.433 e. The molecule has 0 unspecified atom stereocenters. The maximum atomic E-state index is 12.6. The van der Waals surface area contributed by atoms with Crippen LogP contribution in [0.5, 0.6) is 0 Å². The number of aromatic nitrogens is 1. The fraction of sp³-hybridized carbons (Fsp3) is 0.500. The van der Waals surface area contributed by atoms with Crippen molar-refractivity contribution in [1.82, 2.24) is 9.88 Å². The predicted octanol–water partition coefficient (Wildman–Crippen LogP) is 4.78. The van der Waals surface area contributed by atoms with Crippen molar-refractivity contribution < 1.29 is 22.7 Å². The van der Waals surface area contributed by atoms with Crippen LogP contribution in [0.4, 0.5) is 18.0 Å². The van der Waals surface area contributed by atoms with Gasteiger partial charge in [-0.15, -0.1) is 0 Å². The number of alkyl halides is 3. The highest BCUT2D eigenvalue weighted by molar-refractivity contribution is 6.31.